The molecule has 1 aliphatic heterocycles. The number of hydrogen-bond donors (Lipinski definition) is 1. The van der Waals surface area contributed by atoms with Crippen LogP contribution in [-0.4, -0.2) is 39.1 Å². The Bertz CT molecular complexity index is 1030. The second kappa shape index (κ2) is 8.49. The average Bonchev–Trinajstić information content (AvgIpc) is 3.14. The van der Waals surface area contributed by atoms with E-state index in [2.05, 4.69) is 16.9 Å². The van der Waals surface area contributed by atoms with Crippen LogP contribution in [0.15, 0.2) is 41.2 Å². The van der Waals surface area contributed by atoms with Gasteiger partial charge in [0, 0.05) is 17.5 Å². The van der Waals surface area contributed by atoms with Crippen LogP contribution in [0.2, 0.25) is 0 Å². The summed E-state index contributed by atoms with van der Waals surface area (Å²) >= 11 is 3.04. The molecule has 1 fully saturated rings. The zero-order valence-corrected chi connectivity index (χ0v) is 17.4. The number of carbonyl (C=O) groups is 1. The van der Waals surface area contributed by atoms with Crippen molar-refractivity contribution in [2.24, 2.45) is 0 Å². The highest BCUT2D eigenvalue weighted by Gasteiger charge is 2.22. The second-order valence-corrected chi connectivity index (χ2v) is 9.15. The number of thiophene rings is 1. The number of benzene rings is 1. The lowest BCUT2D eigenvalue weighted by molar-refractivity contribution is -0.131. The summed E-state index contributed by atoms with van der Waals surface area (Å²) in [6.07, 6.45) is 3.38. The number of H-pyrrole nitrogens is 1. The van der Waals surface area contributed by atoms with Crippen molar-refractivity contribution in [1.82, 2.24) is 14.9 Å². The van der Waals surface area contributed by atoms with E-state index in [0.29, 0.717) is 28.8 Å². The van der Waals surface area contributed by atoms with Crippen LogP contribution in [0, 0.1) is 0 Å². The van der Waals surface area contributed by atoms with E-state index in [1.165, 1.54) is 29.5 Å². The number of likely N-dealkylation sites (tertiary alicyclic amines) is 1. The van der Waals surface area contributed by atoms with Crippen molar-refractivity contribution in [2.75, 3.05) is 12.3 Å². The monoisotopic (exact) mass is 413 g/mol. The molecule has 0 unspecified atom stereocenters. The van der Waals surface area contributed by atoms with Crippen molar-refractivity contribution in [3.63, 3.8) is 0 Å². The maximum Gasteiger partial charge on any atom is 0.259 e. The molecule has 1 aliphatic rings. The number of hydrogen-bond acceptors (Lipinski definition) is 5. The third kappa shape index (κ3) is 4.15. The zero-order chi connectivity index (χ0) is 19.5. The predicted molar refractivity (Wildman–Crippen MR) is 117 cm³/mol. The van der Waals surface area contributed by atoms with Crippen LogP contribution < -0.4 is 5.56 Å². The summed E-state index contributed by atoms with van der Waals surface area (Å²) in [5.41, 5.74) is 0.970. The van der Waals surface area contributed by atoms with E-state index in [1.807, 2.05) is 41.3 Å². The van der Waals surface area contributed by atoms with Crippen LogP contribution in [0.3, 0.4) is 0 Å². The third-order valence-electron chi connectivity index (χ3n) is 5.10. The molecular formula is C21H23N3O2S2. The van der Waals surface area contributed by atoms with E-state index in [4.69, 9.17) is 0 Å². The lowest BCUT2D eigenvalue weighted by Gasteiger charge is -2.33. The van der Waals surface area contributed by atoms with Crippen LogP contribution in [0.5, 0.6) is 0 Å². The minimum Gasteiger partial charge on any atom is -0.339 e. The Morgan fingerprint density at radius 2 is 2.14 bits per heavy atom. The van der Waals surface area contributed by atoms with E-state index >= 15 is 0 Å². The third-order valence-corrected chi connectivity index (χ3v) is 7.10. The smallest absolute Gasteiger partial charge is 0.259 e. The van der Waals surface area contributed by atoms with Gasteiger partial charge in [-0.1, -0.05) is 30.3 Å². The van der Waals surface area contributed by atoms with Gasteiger partial charge in [0.15, 0.2) is 0 Å². The van der Waals surface area contributed by atoms with Gasteiger partial charge >= 0.3 is 0 Å². The molecule has 3 aromatic rings. The van der Waals surface area contributed by atoms with Gasteiger partial charge < -0.3 is 9.88 Å². The van der Waals surface area contributed by atoms with Crippen molar-refractivity contribution < 1.29 is 4.79 Å². The van der Waals surface area contributed by atoms with Gasteiger partial charge in [0.2, 0.25) is 5.91 Å². The fourth-order valence-corrected chi connectivity index (χ4v) is 5.40. The summed E-state index contributed by atoms with van der Waals surface area (Å²) < 4.78 is 0. The van der Waals surface area contributed by atoms with Crippen LogP contribution in [0.25, 0.3) is 20.7 Å². The van der Waals surface area contributed by atoms with Gasteiger partial charge in [0.25, 0.3) is 5.56 Å². The molecule has 1 saturated heterocycles. The number of piperidine rings is 1. The molecule has 0 spiro atoms. The minimum atomic E-state index is -0.116. The minimum absolute atomic E-state index is 0.116. The number of carbonyl (C=O) groups excluding carboxylic acids is 1. The first-order valence-electron chi connectivity index (χ1n) is 9.57. The Morgan fingerprint density at radius 3 is 2.93 bits per heavy atom. The van der Waals surface area contributed by atoms with Crippen molar-refractivity contribution in [2.45, 2.75) is 38.0 Å². The standard InChI is InChI=1S/C21H23N3O2S2/c1-14-7-5-6-10-24(14)19(25)13-27-12-18-22-20(26)16-11-17(28-21(16)23-18)15-8-3-2-4-9-15/h2-4,8-9,11,14H,5-7,10,12-13H2,1H3,(H,22,23,26)/t14-/m0/s1. The molecule has 3 heterocycles. The maximum atomic E-state index is 12.5. The lowest BCUT2D eigenvalue weighted by Crippen LogP contribution is -2.42. The Morgan fingerprint density at radius 1 is 1.32 bits per heavy atom. The van der Waals surface area contributed by atoms with Crippen molar-refractivity contribution in [3.05, 3.63) is 52.6 Å². The highest BCUT2D eigenvalue weighted by atomic mass is 32.2. The SMILES string of the molecule is C[C@H]1CCCCN1C(=O)CSCc1nc2sc(-c3ccccc3)cc2c(=O)[nH]1. The number of nitrogens with one attached hydrogen (secondary N) is 1. The Hall–Kier alpha value is -2.12. The van der Waals surface area contributed by atoms with Crippen LogP contribution in [0.1, 0.15) is 32.0 Å². The summed E-state index contributed by atoms with van der Waals surface area (Å²) in [4.78, 5) is 36.2. The largest absolute Gasteiger partial charge is 0.339 e. The molecule has 146 valence electrons. The molecule has 1 N–H and O–H groups in total. The second-order valence-electron chi connectivity index (χ2n) is 7.13. The molecule has 0 radical (unpaired) electrons. The van der Waals surface area contributed by atoms with Crippen molar-refractivity contribution in [3.8, 4) is 10.4 Å². The fourth-order valence-electron chi connectivity index (χ4n) is 3.58. The van der Waals surface area contributed by atoms with Gasteiger partial charge in [-0.3, -0.25) is 9.59 Å². The number of nitrogens with zero attached hydrogens (tertiary/aromatic N) is 2. The van der Waals surface area contributed by atoms with Crippen molar-refractivity contribution in [1.29, 1.82) is 0 Å². The van der Waals surface area contributed by atoms with Gasteiger partial charge in [-0.15, -0.1) is 23.1 Å². The molecule has 0 aliphatic carbocycles. The molecule has 0 bridgehead atoms. The van der Waals surface area contributed by atoms with Gasteiger partial charge in [-0.25, -0.2) is 4.98 Å². The number of aromatic amines is 1. The van der Waals surface area contributed by atoms with Gasteiger partial charge in [-0.05, 0) is 37.8 Å². The molecule has 5 nitrogen and oxygen atoms in total. The fraction of sp³-hybridized carbons (Fsp3) is 0.381. The molecular weight excluding hydrogens is 390 g/mol. The molecule has 4 rings (SSSR count). The van der Waals surface area contributed by atoms with E-state index in [0.717, 1.165) is 34.7 Å². The summed E-state index contributed by atoms with van der Waals surface area (Å²) in [7, 11) is 0. The molecule has 7 heteroatoms. The first kappa shape index (κ1) is 19.2. The van der Waals surface area contributed by atoms with Gasteiger partial charge in [0.05, 0.1) is 16.9 Å². The maximum absolute atomic E-state index is 12.5. The van der Waals surface area contributed by atoms with E-state index in [9.17, 15) is 9.59 Å². The Kier molecular flexibility index (Phi) is 5.82. The molecule has 1 aromatic carbocycles. The topological polar surface area (TPSA) is 66.1 Å². The van der Waals surface area contributed by atoms with Gasteiger partial charge in [0.1, 0.15) is 10.7 Å². The number of fused-ring (bicyclic) bond motifs is 1. The highest BCUT2D eigenvalue weighted by Crippen LogP contribution is 2.31. The summed E-state index contributed by atoms with van der Waals surface area (Å²) in [6.45, 7) is 2.98. The summed E-state index contributed by atoms with van der Waals surface area (Å²) in [5, 5.41) is 0.621. The van der Waals surface area contributed by atoms with Crippen LogP contribution in [-0.2, 0) is 10.5 Å². The zero-order valence-electron chi connectivity index (χ0n) is 15.8. The molecule has 2 aromatic heterocycles. The quantitative estimate of drug-likeness (QED) is 0.678. The van der Waals surface area contributed by atoms with Gasteiger partial charge in [-0.2, -0.15) is 0 Å². The first-order chi connectivity index (χ1) is 13.6. The van der Waals surface area contributed by atoms with E-state index in [1.54, 1.807) is 0 Å². The average molecular weight is 414 g/mol. The van der Waals surface area contributed by atoms with Crippen LogP contribution in [0.4, 0.5) is 0 Å². The number of aromatic nitrogens is 2. The summed E-state index contributed by atoms with van der Waals surface area (Å²) in [5.74, 6) is 1.76. The molecule has 1 amide bonds. The first-order valence-corrected chi connectivity index (χ1v) is 11.5. The normalized spacial score (nSPS) is 17.2. The summed E-state index contributed by atoms with van der Waals surface area (Å²) in [6, 6.07) is 12.2. The van der Waals surface area contributed by atoms with Crippen molar-refractivity contribution >= 4 is 39.2 Å². The molecule has 28 heavy (non-hydrogen) atoms. The number of amides is 1. The Balaban J connectivity index is 1.44. The molecule has 0 saturated carbocycles. The Labute approximate surface area is 172 Å². The highest BCUT2D eigenvalue weighted by molar-refractivity contribution is 7.99. The van der Waals surface area contributed by atoms with E-state index < -0.39 is 0 Å². The van der Waals surface area contributed by atoms with E-state index in [-0.39, 0.29) is 11.5 Å². The van der Waals surface area contributed by atoms with Crippen LogP contribution >= 0.6 is 23.1 Å². The predicted octanol–water partition coefficient (Wildman–Crippen LogP) is 4.29. The lowest BCUT2D eigenvalue weighted by atomic mass is 10.0. The number of rotatable bonds is 5. The number of thioether (sulfide) groups is 1. The molecule has 1 atom stereocenters.